The Bertz CT molecular complexity index is 384. The van der Waals surface area contributed by atoms with Crippen LogP contribution in [0.4, 0.5) is 0 Å². The second-order valence-electron chi connectivity index (χ2n) is 3.19. The average Bonchev–Trinajstić information content (AvgIpc) is 2.06. The molecule has 0 heterocycles. The van der Waals surface area contributed by atoms with Crippen molar-refractivity contribution >= 4 is 32.0 Å². The molecular formula is C7H16O6S3. The van der Waals surface area contributed by atoms with Crippen molar-refractivity contribution in [3.05, 3.63) is 0 Å². The van der Waals surface area contributed by atoms with Crippen molar-refractivity contribution in [1.29, 1.82) is 0 Å². The topological polar surface area (TPSA) is 86.7 Å². The van der Waals surface area contributed by atoms with Crippen LogP contribution in [0.25, 0.3) is 0 Å². The second-order valence-corrected chi connectivity index (χ2v) is 7.42. The predicted octanol–water partition coefficient (Wildman–Crippen LogP) is 0.0605. The van der Waals surface area contributed by atoms with Gasteiger partial charge in [0.25, 0.3) is 20.2 Å². The van der Waals surface area contributed by atoms with Gasteiger partial charge < -0.3 is 0 Å². The molecule has 0 aliphatic rings. The lowest BCUT2D eigenvalue weighted by atomic mass is 10.3. The van der Waals surface area contributed by atoms with E-state index in [0.717, 1.165) is 12.5 Å². The Balaban J connectivity index is 4.32. The molecule has 6 nitrogen and oxygen atoms in total. The molecule has 0 unspecified atom stereocenters. The summed E-state index contributed by atoms with van der Waals surface area (Å²) in [5.74, 6) is 0.660. The van der Waals surface area contributed by atoms with E-state index in [1.54, 1.807) is 0 Å². The molecule has 0 rings (SSSR count). The van der Waals surface area contributed by atoms with Crippen LogP contribution in [0.15, 0.2) is 0 Å². The van der Waals surface area contributed by atoms with Gasteiger partial charge in [-0.25, -0.2) is 0 Å². The summed E-state index contributed by atoms with van der Waals surface area (Å²) in [6, 6.07) is 0. The molecular weight excluding hydrogens is 276 g/mol. The Morgan fingerprint density at radius 2 is 1.69 bits per heavy atom. The molecule has 16 heavy (non-hydrogen) atoms. The van der Waals surface area contributed by atoms with E-state index in [0.29, 0.717) is 12.2 Å². The van der Waals surface area contributed by atoms with Crippen molar-refractivity contribution in [1.82, 2.24) is 0 Å². The monoisotopic (exact) mass is 292 g/mol. The van der Waals surface area contributed by atoms with Gasteiger partial charge >= 0.3 is 0 Å². The van der Waals surface area contributed by atoms with E-state index in [2.05, 4.69) is 4.18 Å². The average molecular weight is 292 g/mol. The maximum absolute atomic E-state index is 10.9. The molecule has 0 bridgehead atoms. The summed E-state index contributed by atoms with van der Waals surface area (Å²) in [6.07, 6.45) is 3.31. The van der Waals surface area contributed by atoms with Gasteiger partial charge in [0.1, 0.15) is 6.10 Å². The van der Waals surface area contributed by atoms with E-state index in [9.17, 15) is 16.8 Å². The molecule has 0 amide bonds. The van der Waals surface area contributed by atoms with Crippen LogP contribution in [-0.2, 0) is 28.6 Å². The van der Waals surface area contributed by atoms with Crippen LogP contribution < -0.4 is 0 Å². The van der Waals surface area contributed by atoms with Crippen LogP contribution in [0, 0.1) is 0 Å². The Morgan fingerprint density at radius 1 is 1.12 bits per heavy atom. The highest BCUT2D eigenvalue weighted by molar-refractivity contribution is 7.98. The fourth-order valence-corrected chi connectivity index (χ4v) is 2.40. The first kappa shape index (κ1) is 16.2. The van der Waals surface area contributed by atoms with E-state index in [1.165, 1.54) is 11.8 Å². The van der Waals surface area contributed by atoms with Crippen molar-refractivity contribution < 1.29 is 25.2 Å². The molecule has 0 fully saturated rings. The number of hydrogen-bond acceptors (Lipinski definition) is 7. The Hall–Kier alpha value is 0.170. The molecule has 0 aromatic rings. The first-order chi connectivity index (χ1) is 7.14. The van der Waals surface area contributed by atoms with Gasteiger partial charge in [0.05, 0.1) is 19.1 Å². The molecule has 0 N–H and O–H groups in total. The molecule has 0 saturated heterocycles. The highest BCUT2D eigenvalue weighted by Gasteiger charge is 2.17. The fraction of sp³-hybridized carbons (Fsp3) is 1.00. The molecule has 1 atom stereocenters. The van der Waals surface area contributed by atoms with Gasteiger partial charge in [-0.15, -0.1) is 0 Å². The van der Waals surface area contributed by atoms with Gasteiger partial charge in [-0.05, 0) is 18.4 Å². The smallest absolute Gasteiger partial charge is 0.264 e. The van der Waals surface area contributed by atoms with E-state index >= 15 is 0 Å². The highest BCUT2D eigenvalue weighted by Crippen LogP contribution is 2.09. The zero-order valence-electron chi connectivity index (χ0n) is 9.37. The van der Waals surface area contributed by atoms with Crippen molar-refractivity contribution in [2.75, 3.05) is 31.1 Å². The Morgan fingerprint density at radius 3 is 2.06 bits per heavy atom. The molecule has 0 aliphatic heterocycles. The van der Waals surface area contributed by atoms with Crippen LogP contribution in [0.1, 0.15) is 6.42 Å². The van der Waals surface area contributed by atoms with Gasteiger partial charge in [-0.3, -0.25) is 8.37 Å². The molecule has 0 aromatic heterocycles. The Kier molecular flexibility index (Phi) is 6.87. The summed E-state index contributed by atoms with van der Waals surface area (Å²) in [5, 5.41) is 0. The van der Waals surface area contributed by atoms with Crippen LogP contribution in [0.5, 0.6) is 0 Å². The van der Waals surface area contributed by atoms with Crippen molar-refractivity contribution in [3.63, 3.8) is 0 Å². The lowest BCUT2D eigenvalue weighted by Gasteiger charge is -2.14. The van der Waals surface area contributed by atoms with Gasteiger partial charge in [0, 0.05) is 0 Å². The molecule has 0 aromatic carbocycles. The summed E-state index contributed by atoms with van der Waals surface area (Å²) in [4.78, 5) is 0. The van der Waals surface area contributed by atoms with Crippen LogP contribution in [0.3, 0.4) is 0 Å². The third kappa shape index (κ3) is 10.7. The summed E-state index contributed by atoms with van der Waals surface area (Å²) in [5.41, 5.74) is 0. The molecule has 9 heteroatoms. The minimum atomic E-state index is -3.61. The standard InChI is InChI=1S/C7H16O6S3/c1-14-5-4-7(13-16(3,10)11)6-12-15(2,8)9/h7H,4-6H2,1-3H3/t7-/m1/s1. The van der Waals surface area contributed by atoms with Crippen molar-refractivity contribution in [3.8, 4) is 0 Å². The van der Waals surface area contributed by atoms with Gasteiger partial charge in [0.15, 0.2) is 0 Å². The lowest BCUT2D eigenvalue weighted by Crippen LogP contribution is -2.25. The van der Waals surface area contributed by atoms with E-state index in [-0.39, 0.29) is 6.61 Å². The highest BCUT2D eigenvalue weighted by atomic mass is 32.2. The molecule has 0 spiro atoms. The van der Waals surface area contributed by atoms with E-state index in [1.807, 2.05) is 6.26 Å². The maximum Gasteiger partial charge on any atom is 0.264 e. The Labute approximate surface area is 101 Å². The number of rotatable bonds is 8. The quantitative estimate of drug-likeness (QED) is 0.585. The number of hydrogen-bond donors (Lipinski definition) is 0. The van der Waals surface area contributed by atoms with Crippen LogP contribution in [-0.4, -0.2) is 54.1 Å². The third-order valence-electron chi connectivity index (χ3n) is 1.42. The molecule has 0 radical (unpaired) electrons. The largest absolute Gasteiger partial charge is 0.268 e. The summed E-state index contributed by atoms with van der Waals surface area (Å²) >= 11 is 1.51. The van der Waals surface area contributed by atoms with E-state index < -0.39 is 26.3 Å². The second kappa shape index (κ2) is 6.80. The summed E-state index contributed by atoms with van der Waals surface area (Å²) in [7, 11) is -7.19. The maximum atomic E-state index is 10.9. The van der Waals surface area contributed by atoms with E-state index in [4.69, 9.17) is 4.18 Å². The zero-order valence-corrected chi connectivity index (χ0v) is 11.8. The third-order valence-corrected chi connectivity index (χ3v) is 3.25. The molecule has 98 valence electrons. The molecule has 0 saturated carbocycles. The van der Waals surface area contributed by atoms with Crippen LogP contribution in [0.2, 0.25) is 0 Å². The van der Waals surface area contributed by atoms with Crippen LogP contribution >= 0.6 is 11.8 Å². The van der Waals surface area contributed by atoms with Gasteiger partial charge in [-0.1, -0.05) is 0 Å². The summed E-state index contributed by atoms with van der Waals surface area (Å²) < 4.78 is 52.5. The zero-order chi connectivity index (χ0) is 12.8. The minimum absolute atomic E-state index is 0.285. The van der Waals surface area contributed by atoms with Crippen molar-refractivity contribution in [2.24, 2.45) is 0 Å². The molecule has 0 aliphatic carbocycles. The predicted molar refractivity (Wildman–Crippen MR) is 63.5 cm³/mol. The normalized spacial score (nSPS) is 14.9. The lowest BCUT2D eigenvalue weighted by molar-refractivity contribution is 0.137. The first-order valence-electron chi connectivity index (χ1n) is 4.35. The minimum Gasteiger partial charge on any atom is -0.268 e. The fourth-order valence-electron chi connectivity index (χ4n) is 0.855. The summed E-state index contributed by atoms with van der Waals surface area (Å²) in [6.45, 7) is -0.285. The first-order valence-corrected chi connectivity index (χ1v) is 9.38. The number of thioether (sulfide) groups is 1. The SMILES string of the molecule is CSCC[C@H](COS(C)(=O)=O)OS(C)(=O)=O. The van der Waals surface area contributed by atoms with Crippen molar-refractivity contribution in [2.45, 2.75) is 12.5 Å². The van der Waals surface area contributed by atoms with Gasteiger partial charge in [-0.2, -0.15) is 28.6 Å². The van der Waals surface area contributed by atoms with Gasteiger partial charge in [0.2, 0.25) is 0 Å².